The second-order valence-electron chi connectivity index (χ2n) is 14.2. The average molecular weight is 1340 g/mol. The standard InChI is InChI=1S/C12H4Cl2F6N4O2S.C12H4Cl2F6N4OS.C12H3Cl2F6N3O3S/c13-5-1-4(11(15,16)17)2-6(14)8(5)24-10(22)9(7(3-21)23-24)27(25,26)12(18,19)20;13-5-1-4(11(15,16)17)2-6(14)8(5)24-10(22)9(7(3-21)23-24)26(25)12(18,19)20;13-5-1-4(11(15,16)17)2-6(14)8(5)23-10(24)9(7(3-21)22-23)27(25,26)12(18,19)20/h1-2H,22H2;1-2H,22H2;1-2,22H. The number of nitrogens with one attached hydrogen (secondary N) is 1. The van der Waals surface area contributed by atoms with E-state index in [9.17, 15) is 105 Å². The zero-order valence-electron chi connectivity index (χ0n) is 36.4. The van der Waals surface area contributed by atoms with E-state index in [1.807, 2.05) is 0 Å². The molecule has 0 aliphatic rings. The molecule has 0 spiro atoms. The Morgan fingerprint density at radius 1 is 0.512 bits per heavy atom. The molecule has 6 aromatic rings. The van der Waals surface area contributed by atoms with Crippen molar-refractivity contribution in [1.82, 2.24) is 29.3 Å². The van der Waals surface area contributed by atoms with Crippen molar-refractivity contribution in [1.29, 1.82) is 15.8 Å². The molecule has 6 rings (SSSR count). The van der Waals surface area contributed by atoms with Crippen LogP contribution in [-0.4, -0.2) is 66.9 Å². The number of sulfone groups is 2. The molecule has 0 bridgehead atoms. The summed E-state index contributed by atoms with van der Waals surface area (Å²) in [5, 5.41) is 30.7. The molecule has 432 valence electrons. The molecule has 1 atom stereocenters. The van der Waals surface area contributed by atoms with Crippen LogP contribution in [-0.2, 0) is 49.0 Å². The lowest BCUT2D eigenvalue weighted by Crippen LogP contribution is -2.29. The highest BCUT2D eigenvalue weighted by Crippen LogP contribution is 2.44. The van der Waals surface area contributed by atoms with E-state index in [1.165, 1.54) is 6.07 Å². The number of nitrogens with two attached hydrogens (primary N) is 2. The first-order chi connectivity index (χ1) is 36.0. The zero-order valence-corrected chi connectivity index (χ0v) is 43.4. The lowest BCUT2D eigenvalue weighted by atomic mass is 10.2. The Kier molecular flexibility index (Phi) is 18.7. The van der Waals surface area contributed by atoms with Crippen LogP contribution >= 0.6 is 69.6 Å². The summed E-state index contributed by atoms with van der Waals surface area (Å²) < 4.78 is 288. The van der Waals surface area contributed by atoms with Gasteiger partial charge in [0, 0.05) is 0 Å². The van der Waals surface area contributed by atoms with E-state index in [4.69, 9.17) is 96.9 Å². The third kappa shape index (κ3) is 13.0. The maximum atomic E-state index is 12.8. The minimum atomic E-state index is -6.25. The van der Waals surface area contributed by atoms with Crippen molar-refractivity contribution in [3.63, 3.8) is 0 Å². The van der Waals surface area contributed by atoms with Crippen LogP contribution in [0.15, 0.2) is 55.9 Å². The number of halogens is 24. The summed E-state index contributed by atoms with van der Waals surface area (Å²) in [5.41, 5.74) is -17.2. The number of hydrogen-bond donors (Lipinski definition) is 3. The Bertz CT molecular complexity index is 3870. The highest BCUT2D eigenvalue weighted by atomic mass is 35.5. The summed E-state index contributed by atoms with van der Waals surface area (Å²) in [6, 6.07) is 5.78. The molecule has 0 fully saturated rings. The summed E-state index contributed by atoms with van der Waals surface area (Å²) in [5.74, 6) is -2.10. The van der Waals surface area contributed by atoms with Gasteiger partial charge in [0.25, 0.3) is 25.2 Å². The van der Waals surface area contributed by atoms with Gasteiger partial charge in [0.2, 0.25) is 0 Å². The van der Waals surface area contributed by atoms with Crippen LogP contribution < -0.4 is 17.0 Å². The molecular weight excluding hydrogens is 1330 g/mol. The highest BCUT2D eigenvalue weighted by molar-refractivity contribution is 7.92. The smallest absolute Gasteiger partial charge is 0.383 e. The van der Waals surface area contributed by atoms with Gasteiger partial charge in [0.15, 0.2) is 37.7 Å². The van der Waals surface area contributed by atoms with Crippen molar-refractivity contribution in [3.05, 3.63) is 111 Å². The first-order valence-electron chi connectivity index (χ1n) is 18.7. The van der Waals surface area contributed by atoms with Crippen LogP contribution in [0, 0.1) is 34.0 Å². The van der Waals surface area contributed by atoms with Crippen molar-refractivity contribution in [2.75, 3.05) is 11.5 Å². The van der Waals surface area contributed by atoms with Crippen molar-refractivity contribution in [3.8, 4) is 35.3 Å². The van der Waals surface area contributed by atoms with Gasteiger partial charge in [-0.3, -0.25) is 9.89 Å². The second-order valence-corrected chi connectivity index (χ2v) is 21.8. The van der Waals surface area contributed by atoms with Crippen molar-refractivity contribution in [2.24, 2.45) is 0 Å². The number of alkyl halides is 18. The maximum Gasteiger partial charge on any atom is 0.502 e. The number of nitrogens with zero attached hydrogens (tertiary/aromatic N) is 8. The summed E-state index contributed by atoms with van der Waals surface area (Å²) in [6.45, 7) is 0. The molecule has 44 heteroatoms. The molecule has 3 aromatic heterocycles. The predicted octanol–water partition coefficient (Wildman–Crippen LogP) is 11.9. The van der Waals surface area contributed by atoms with E-state index >= 15 is 0 Å². The molecule has 0 saturated carbocycles. The number of hydrogen-bond acceptors (Lipinski definition) is 13. The number of nitrogen functional groups attached to an aromatic ring is 2. The van der Waals surface area contributed by atoms with Crippen LogP contribution in [0.5, 0.6) is 0 Å². The zero-order chi connectivity index (χ0) is 61.9. The van der Waals surface area contributed by atoms with Crippen LogP contribution in [0.2, 0.25) is 30.1 Å². The number of H-pyrrole nitrogens is 1. The van der Waals surface area contributed by atoms with Gasteiger partial charge in [-0.25, -0.2) is 35.1 Å². The van der Waals surface area contributed by atoms with Gasteiger partial charge in [-0.15, -0.1) is 0 Å². The predicted molar refractivity (Wildman–Crippen MR) is 240 cm³/mol. The molecule has 17 nitrogen and oxygen atoms in total. The molecule has 0 aliphatic heterocycles. The van der Waals surface area contributed by atoms with Gasteiger partial charge >= 0.3 is 35.1 Å². The Morgan fingerprint density at radius 3 is 1.12 bits per heavy atom. The highest BCUT2D eigenvalue weighted by Gasteiger charge is 2.52. The van der Waals surface area contributed by atoms with E-state index in [1.54, 1.807) is 5.10 Å². The molecule has 3 heterocycles. The van der Waals surface area contributed by atoms with Gasteiger partial charge in [-0.05, 0) is 36.4 Å². The Labute approximate surface area is 461 Å². The SMILES string of the molecule is N#Cc1[nH]n(-c2c(Cl)cc(C(F)(F)F)cc2Cl)c(=O)c1S(=O)(=O)C(F)(F)F.N#Cc1nn(-c2c(Cl)cc(C(F)(F)F)cc2Cl)c(N)c1S(=O)(=O)C(F)(F)F.N#Cc1nn(-c2c(Cl)cc(C(F)(F)F)cc2Cl)c(N)c1S(=O)C(F)(F)F. The summed E-state index contributed by atoms with van der Waals surface area (Å²) in [4.78, 5) is 7.44. The Balaban J connectivity index is 0.000000258. The number of benzene rings is 3. The topological polar surface area (TPSA) is 282 Å². The fourth-order valence-corrected chi connectivity index (χ4v) is 10.4. The third-order valence-corrected chi connectivity index (χ3v) is 15.1. The van der Waals surface area contributed by atoms with Gasteiger partial charge in [0.05, 0.1) is 46.8 Å². The van der Waals surface area contributed by atoms with Crippen LogP contribution in [0.25, 0.3) is 17.1 Å². The first kappa shape index (κ1) is 66.2. The molecule has 1 unspecified atom stereocenters. The van der Waals surface area contributed by atoms with E-state index in [-0.39, 0.29) is 9.36 Å². The summed E-state index contributed by atoms with van der Waals surface area (Å²) in [6.07, 6.45) is -14.5. The first-order valence-corrected chi connectivity index (χ1v) is 25.1. The van der Waals surface area contributed by atoms with Crippen molar-refractivity contribution >= 4 is 112 Å². The summed E-state index contributed by atoms with van der Waals surface area (Å²) >= 11 is 34.2. The van der Waals surface area contributed by atoms with Gasteiger partial charge in [0.1, 0.15) is 51.8 Å². The minimum Gasteiger partial charge on any atom is -0.383 e. The van der Waals surface area contributed by atoms with Crippen LogP contribution in [0.4, 0.5) is 90.7 Å². The molecule has 5 N–H and O–H groups in total. The molecule has 0 radical (unpaired) electrons. The molecule has 80 heavy (non-hydrogen) atoms. The molecular formula is C36H11Cl6F18N11O6S3. The van der Waals surface area contributed by atoms with E-state index in [2.05, 4.69) is 10.2 Å². The molecule has 3 aromatic carbocycles. The fourth-order valence-electron chi connectivity index (χ4n) is 5.83. The van der Waals surface area contributed by atoms with Crippen molar-refractivity contribution < 1.29 is 100 Å². The largest absolute Gasteiger partial charge is 0.502 e. The molecule has 0 saturated heterocycles. The maximum absolute atomic E-state index is 12.8. The van der Waals surface area contributed by atoms with E-state index in [0.29, 0.717) is 41.1 Å². The minimum absolute atomic E-state index is 0.0436. The van der Waals surface area contributed by atoms with Gasteiger partial charge in [-0.1, -0.05) is 69.6 Å². The lowest BCUT2D eigenvalue weighted by Gasteiger charge is -2.13. The number of nitriles is 3. The summed E-state index contributed by atoms with van der Waals surface area (Å²) in [7, 11) is -16.0. The Hall–Kier alpha value is -6.31. The van der Waals surface area contributed by atoms with Crippen molar-refractivity contribution in [2.45, 2.75) is 49.7 Å². The third-order valence-electron chi connectivity index (χ3n) is 9.15. The molecule has 0 aliphatic carbocycles. The Morgan fingerprint density at radius 2 is 0.825 bits per heavy atom. The van der Waals surface area contributed by atoms with Gasteiger partial charge < -0.3 is 11.5 Å². The number of aromatic amines is 1. The number of rotatable bonds is 6. The van der Waals surface area contributed by atoms with Gasteiger partial charge in [-0.2, -0.15) is 105 Å². The van der Waals surface area contributed by atoms with E-state index < -0.39 is 178 Å². The lowest BCUT2D eigenvalue weighted by molar-refractivity contribution is -0.138. The quantitative estimate of drug-likeness (QED) is 0.131. The number of anilines is 2. The van der Waals surface area contributed by atoms with Crippen LogP contribution in [0.3, 0.4) is 0 Å². The monoisotopic (exact) mass is 1340 g/mol. The van der Waals surface area contributed by atoms with E-state index in [0.717, 1.165) is 12.1 Å². The second kappa shape index (κ2) is 22.6. The normalized spacial score (nSPS) is 13.1. The van der Waals surface area contributed by atoms with Crippen LogP contribution in [0.1, 0.15) is 33.8 Å². The molecule has 0 amide bonds. The number of aromatic nitrogens is 6. The average Bonchev–Trinajstić information content (AvgIpc) is 3.93. The fraction of sp³-hybridized carbons (Fsp3) is 0.167.